The molecular formula is C16H14FN3. The third-order valence-electron chi connectivity index (χ3n) is 3.38. The third-order valence-corrected chi connectivity index (χ3v) is 3.38. The van der Waals surface area contributed by atoms with Gasteiger partial charge in [-0.15, -0.1) is 0 Å². The minimum atomic E-state index is -0.260. The summed E-state index contributed by atoms with van der Waals surface area (Å²) >= 11 is 0. The average molecular weight is 267 g/mol. The summed E-state index contributed by atoms with van der Waals surface area (Å²) in [5.74, 6) is 0.194. The van der Waals surface area contributed by atoms with Crippen LogP contribution in [0.15, 0.2) is 48.7 Å². The van der Waals surface area contributed by atoms with Crippen LogP contribution in [0.3, 0.4) is 0 Å². The van der Waals surface area contributed by atoms with Gasteiger partial charge < -0.3 is 11.5 Å². The van der Waals surface area contributed by atoms with Gasteiger partial charge in [-0.1, -0.05) is 24.3 Å². The summed E-state index contributed by atoms with van der Waals surface area (Å²) in [6.45, 7) is 0.406. The highest BCUT2D eigenvalue weighted by molar-refractivity contribution is 5.96. The Labute approximate surface area is 116 Å². The van der Waals surface area contributed by atoms with Crippen LogP contribution < -0.4 is 11.5 Å². The molecule has 0 atom stereocenters. The lowest BCUT2D eigenvalue weighted by atomic mass is 9.99. The summed E-state index contributed by atoms with van der Waals surface area (Å²) in [7, 11) is 0. The number of nitrogens with two attached hydrogens (primary N) is 2. The molecule has 0 bridgehead atoms. The smallest absolute Gasteiger partial charge is 0.131 e. The van der Waals surface area contributed by atoms with E-state index in [1.54, 1.807) is 12.3 Å². The Morgan fingerprint density at radius 2 is 1.80 bits per heavy atom. The number of halogens is 1. The van der Waals surface area contributed by atoms with Crippen LogP contribution in [0.1, 0.15) is 5.56 Å². The molecule has 1 aromatic heterocycles. The van der Waals surface area contributed by atoms with E-state index in [-0.39, 0.29) is 5.82 Å². The Kier molecular flexibility index (Phi) is 3.08. The fourth-order valence-electron chi connectivity index (χ4n) is 2.33. The maximum atomic E-state index is 13.3. The third kappa shape index (κ3) is 2.10. The maximum Gasteiger partial charge on any atom is 0.131 e. The minimum absolute atomic E-state index is 0.260. The van der Waals surface area contributed by atoms with Gasteiger partial charge in [0.2, 0.25) is 0 Å². The van der Waals surface area contributed by atoms with Crippen LogP contribution in [0.25, 0.3) is 21.9 Å². The van der Waals surface area contributed by atoms with Crippen molar-refractivity contribution >= 4 is 16.6 Å². The van der Waals surface area contributed by atoms with E-state index in [9.17, 15) is 4.39 Å². The molecule has 0 aliphatic rings. The SMILES string of the molecule is NCc1cnc(N)c2cc(-c3cccc(F)c3)ccc12. The lowest BCUT2D eigenvalue weighted by molar-refractivity contribution is 0.628. The molecule has 0 spiro atoms. The van der Waals surface area contributed by atoms with E-state index >= 15 is 0 Å². The molecule has 4 N–H and O–H groups in total. The Morgan fingerprint density at radius 3 is 2.55 bits per heavy atom. The molecule has 1 heterocycles. The van der Waals surface area contributed by atoms with E-state index in [0.717, 1.165) is 27.5 Å². The fraction of sp³-hybridized carbons (Fsp3) is 0.0625. The standard InChI is InChI=1S/C16H14FN3/c17-13-3-1-2-10(6-13)11-4-5-14-12(8-18)9-20-16(19)15(14)7-11/h1-7,9H,8,18H2,(H2,19,20). The van der Waals surface area contributed by atoms with Crippen molar-refractivity contribution in [2.24, 2.45) is 5.73 Å². The van der Waals surface area contributed by atoms with E-state index in [4.69, 9.17) is 11.5 Å². The number of pyridine rings is 1. The molecule has 20 heavy (non-hydrogen) atoms. The first-order valence-electron chi connectivity index (χ1n) is 6.32. The molecule has 3 aromatic rings. The van der Waals surface area contributed by atoms with Crippen molar-refractivity contribution in [3.63, 3.8) is 0 Å². The molecule has 3 rings (SSSR count). The summed E-state index contributed by atoms with van der Waals surface area (Å²) in [4.78, 5) is 4.15. The number of fused-ring (bicyclic) bond motifs is 1. The average Bonchev–Trinajstić information content (AvgIpc) is 2.47. The van der Waals surface area contributed by atoms with Gasteiger partial charge in [0, 0.05) is 18.1 Å². The number of nitrogens with zero attached hydrogens (tertiary/aromatic N) is 1. The predicted molar refractivity (Wildman–Crippen MR) is 79.4 cm³/mol. The maximum absolute atomic E-state index is 13.3. The van der Waals surface area contributed by atoms with Crippen molar-refractivity contribution in [1.29, 1.82) is 0 Å². The van der Waals surface area contributed by atoms with Gasteiger partial charge in [0.1, 0.15) is 11.6 Å². The monoisotopic (exact) mass is 267 g/mol. The first-order chi connectivity index (χ1) is 9.69. The van der Waals surface area contributed by atoms with E-state index < -0.39 is 0 Å². The van der Waals surface area contributed by atoms with Gasteiger partial charge in [-0.3, -0.25) is 0 Å². The van der Waals surface area contributed by atoms with Crippen LogP contribution in [0.4, 0.5) is 10.2 Å². The Bertz CT molecular complexity index is 784. The van der Waals surface area contributed by atoms with Crippen LogP contribution in [0, 0.1) is 5.82 Å². The lowest BCUT2D eigenvalue weighted by Gasteiger charge is -2.09. The van der Waals surface area contributed by atoms with E-state index in [0.29, 0.717) is 12.4 Å². The fourth-order valence-corrected chi connectivity index (χ4v) is 2.33. The van der Waals surface area contributed by atoms with Crippen molar-refractivity contribution in [2.45, 2.75) is 6.54 Å². The number of hydrogen-bond donors (Lipinski definition) is 2. The van der Waals surface area contributed by atoms with Gasteiger partial charge in [0.05, 0.1) is 0 Å². The Morgan fingerprint density at radius 1 is 1.00 bits per heavy atom. The summed E-state index contributed by atoms with van der Waals surface area (Å²) in [5, 5.41) is 1.83. The predicted octanol–water partition coefficient (Wildman–Crippen LogP) is 3.08. The van der Waals surface area contributed by atoms with Crippen molar-refractivity contribution < 1.29 is 4.39 Å². The number of anilines is 1. The molecule has 0 radical (unpaired) electrons. The lowest BCUT2D eigenvalue weighted by Crippen LogP contribution is -2.01. The summed E-state index contributed by atoms with van der Waals surface area (Å²) in [6, 6.07) is 12.3. The molecule has 0 aliphatic heterocycles. The zero-order chi connectivity index (χ0) is 14.1. The van der Waals surface area contributed by atoms with Crippen LogP contribution >= 0.6 is 0 Å². The first kappa shape index (κ1) is 12.6. The normalized spacial score (nSPS) is 10.9. The molecule has 2 aromatic carbocycles. The molecule has 0 saturated heterocycles. The topological polar surface area (TPSA) is 64.9 Å². The van der Waals surface area contributed by atoms with Crippen molar-refractivity contribution in [3.05, 3.63) is 60.0 Å². The summed E-state index contributed by atoms with van der Waals surface area (Å²) in [5.41, 5.74) is 14.3. The van der Waals surface area contributed by atoms with E-state index in [1.807, 2.05) is 24.3 Å². The second-order valence-corrected chi connectivity index (χ2v) is 4.64. The van der Waals surface area contributed by atoms with E-state index in [2.05, 4.69) is 4.98 Å². The molecule has 0 saturated carbocycles. The number of benzene rings is 2. The van der Waals surface area contributed by atoms with Crippen molar-refractivity contribution in [2.75, 3.05) is 5.73 Å². The van der Waals surface area contributed by atoms with Crippen LogP contribution in [0.2, 0.25) is 0 Å². The van der Waals surface area contributed by atoms with E-state index in [1.165, 1.54) is 12.1 Å². The highest BCUT2D eigenvalue weighted by Gasteiger charge is 2.07. The largest absolute Gasteiger partial charge is 0.383 e. The van der Waals surface area contributed by atoms with Crippen molar-refractivity contribution in [3.8, 4) is 11.1 Å². The second kappa shape index (κ2) is 4.90. The van der Waals surface area contributed by atoms with Gasteiger partial charge in [-0.25, -0.2) is 9.37 Å². The number of rotatable bonds is 2. The molecule has 0 amide bonds. The molecule has 0 unspecified atom stereocenters. The van der Waals surface area contributed by atoms with Gasteiger partial charge in [0.15, 0.2) is 0 Å². The summed E-state index contributed by atoms with van der Waals surface area (Å²) < 4.78 is 13.3. The van der Waals surface area contributed by atoms with Gasteiger partial charge >= 0.3 is 0 Å². The highest BCUT2D eigenvalue weighted by atomic mass is 19.1. The minimum Gasteiger partial charge on any atom is -0.383 e. The summed E-state index contributed by atoms with van der Waals surface area (Å²) in [6.07, 6.45) is 1.69. The van der Waals surface area contributed by atoms with Crippen LogP contribution in [0.5, 0.6) is 0 Å². The van der Waals surface area contributed by atoms with Crippen molar-refractivity contribution in [1.82, 2.24) is 4.98 Å². The molecule has 100 valence electrons. The zero-order valence-electron chi connectivity index (χ0n) is 10.8. The molecule has 3 nitrogen and oxygen atoms in total. The molecule has 0 fully saturated rings. The van der Waals surface area contributed by atoms with Crippen LogP contribution in [-0.4, -0.2) is 4.98 Å². The Balaban J connectivity index is 2.23. The highest BCUT2D eigenvalue weighted by Crippen LogP contribution is 2.29. The quantitative estimate of drug-likeness (QED) is 0.750. The number of hydrogen-bond acceptors (Lipinski definition) is 3. The number of aromatic nitrogens is 1. The number of nitrogen functional groups attached to an aromatic ring is 1. The molecule has 0 aliphatic carbocycles. The second-order valence-electron chi connectivity index (χ2n) is 4.64. The molecule has 4 heteroatoms. The van der Waals surface area contributed by atoms with Gasteiger partial charge in [-0.05, 0) is 40.3 Å². The van der Waals surface area contributed by atoms with Crippen LogP contribution in [-0.2, 0) is 6.54 Å². The van der Waals surface area contributed by atoms with Gasteiger partial charge in [-0.2, -0.15) is 0 Å². The molecular weight excluding hydrogens is 253 g/mol. The first-order valence-corrected chi connectivity index (χ1v) is 6.32. The zero-order valence-corrected chi connectivity index (χ0v) is 10.8. The van der Waals surface area contributed by atoms with Gasteiger partial charge in [0.25, 0.3) is 0 Å². The Hall–Kier alpha value is -2.46.